The standard InChI is InChI=1S/C27H23NO8/c29-16-5-3-4-15(8-16)22(31)12-28-26(32)10-18(19-9-24-25(11-21(19)30)36-14-35-24)20-13-34-23-7-2-1-6-17(23)27(20)33/h1-9,11,13,18,22,29-31H,10,12,14H2,(H,28,32)/t18-,22+/m0/s1. The summed E-state index contributed by atoms with van der Waals surface area (Å²) in [6.07, 6.45) is 0.0290. The second-order valence-electron chi connectivity index (χ2n) is 8.45. The molecule has 0 spiro atoms. The number of nitrogens with one attached hydrogen (secondary N) is 1. The average Bonchev–Trinajstić information content (AvgIpc) is 3.33. The van der Waals surface area contributed by atoms with Gasteiger partial charge in [-0.15, -0.1) is 0 Å². The van der Waals surface area contributed by atoms with Gasteiger partial charge in [-0.05, 0) is 35.9 Å². The van der Waals surface area contributed by atoms with Crippen LogP contribution in [0.15, 0.2) is 76.1 Å². The Bertz CT molecular complexity index is 1500. The minimum absolute atomic E-state index is 0.000691. The highest BCUT2D eigenvalue weighted by molar-refractivity contribution is 5.80. The third-order valence-corrected chi connectivity index (χ3v) is 6.12. The fraction of sp³-hybridized carbons (Fsp3) is 0.185. The van der Waals surface area contributed by atoms with Crippen molar-refractivity contribution in [2.24, 2.45) is 0 Å². The molecule has 184 valence electrons. The number of fused-ring (bicyclic) bond motifs is 2. The van der Waals surface area contributed by atoms with E-state index in [2.05, 4.69) is 5.32 Å². The Morgan fingerprint density at radius 2 is 1.75 bits per heavy atom. The van der Waals surface area contributed by atoms with Crippen LogP contribution in [0.25, 0.3) is 11.0 Å². The Hall–Kier alpha value is -4.50. The van der Waals surface area contributed by atoms with Gasteiger partial charge in [0.2, 0.25) is 12.7 Å². The molecule has 0 bridgehead atoms. The molecule has 36 heavy (non-hydrogen) atoms. The predicted octanol–water partition coefficient (Wildman–Crippen LogP) is 3.30. The second-order valence-corrected chi connectivity index (χ2v) is 8.45. The Balaban J connectivity index is 1.46. The van der Waals surface area contributed by atoms with E-state index in [-0.39, 0.29) is 42.2 Å². The first-order chi connectivity index (χ1) is 17.4. The monoisotopic (exact) mass is 489 g/mol. The van der Waals surface area contributed by atoms with Crippen molar-refractivity contribution < 1.29 is 34.0 Å². The maximum absolute atomic E-state index is 13.4. The molecule has 0 unspecified atom stereocenters. The minimum atomic E-state index is -1.05. The molecule has 1 aliphatic rings. The highest BCUT2D eigenvalue weighted by Gasteiger charge is 2.28. The molecular weight excluding hydrogens is 466 g/mol. The lowest BCUT2D eigenvalue weighted by atomic mass is 9.87. The zero-order valence-electron chi connectivity index (χ0n) is 19.0. The minimum Gasteiger partial charge on any atom is -0.508 e. The number of aliphatic hydroxyl groups excluding tert-OH is 1. The van der Waals surface area contributed by atoms with Crippen molar-refractivity contribution in [3.8, 4) is 23.0 Å². The van der Waals surface area contributed by atoms with Crippen molar-refractivity contribution >= 4 is 16.9 Å². The second kappa shape index (κ2) is 9.63. The molecule has 0 fully saturated rings. The Morgan fingerprint density at radius 3 is 2.56 bits per heavy atom. The summed E-state index contributed by atoms with van der Waals surface area (Å²) < 4.78 is 16.4. The Labute approximate surface area is 205 Å². The normalized spacial score (nSPS) is 13.9. The number of ether oxygens (including phenoxy) is 2. The quantitative estimate of drug-likeness (QED) is 0.310. The molecule has 9 nitrogen and oxygen atoms in total. The van der Waals surface area contributed by atoms with Crippen molar-refractivity contribution in [1.82, 2.24) is 5.32 Å². The number of para-hydroxylation sites is 1. The number of aliphatic hydroxyl groups is 1. The van der Waals surface area contributed by atoms with E-state index in [1.165, 1.54) is 24.5 Å². The van der Waals surface area contributed by atoms with E-state index in [4.69, 9.17) is 13.9 Å². The molecule has 1 aliphatic heterocycles. The first-order valence-electron chi connectivity index (χ1n) is 11.3. The number of carbonyl (C=O) groups is 1. The fourth-order valence-corrected chi connectivity index (χ4v) is 4.26. The molecule has 0 saturated heterocycles. The molecule has 2 atom stereocenters. The highest BCUT2D eigenvalue weighted by Crippen LogP contribution is 2.42. The molecule has 0 aliphatic carbocycles. The van der Waals surface area contributed by atoms with Crippen molar-refractivity contribution in [3.05, 3.63) is 93.8 Å². The van der Waals surface area contributed by atoms with E-state index in [0.717, 1.165) is 0 Å². The zero-order chi connectivity index (χ0) is 25.2. The molecule has 1 aromatic heterocycles. The van der Waals surface area contributed by atoms with Crippen molar-refractivity contribution in [2.45, 2.75) is 18.4 Å². The van der Waals surface area contributed by atoms with Gasteiger partial charge in [0.25, 0.3) is 0 Å². The Morgan fingerprint density at radius 1 is 0.972 bits per heavy atom. The summed E-state index contributed by atoms with van der Waals surface area (Å²) in [7, 11) is 0. The molecule has 0 saturated carbocycles. The van der Waals surface area contributed by atoms with Gasteiger partial charge >= 0.3 is 0 Å². The van der Waals surface area contributed by atoms with Crippen molar-refractivity contribution in [1.29, 1.82) is 0 Å². The summed E-state index contributed by atoms with van der Waals surface area (Å²) in [6.45, 7) is -0.122. The SMILES string of the molecule is O=C(C[C@@H](c1cc2c(cc1O)OCO2)c1coc2ccccc2c1=O)NC[C@@H](O)c1cccc(O)c1. The van der Waals surface area contributed by atoms with Crippen LogP contribution in [0.1, 0.15) is 35.1 Å². The molecule has 2 heterocycles. The lowest BCUT2D eigenvalue weighted by molar-refractivity contribution is -0.121. The van der Waals surface area contributed by atoms with Gasteiger partial charge in [-0.3, -0.25) is 9.59 Å². The van der Waals surface area contributed by atoms with Crippen LogP contribution >= 0.6 is 0 Å². The van der Waals surface area contributed by atoms with Gasteiger partial charge in [-0.25, -0.2) is 0 Å². The van der Waals surface area contributed by atoms with E-state index in [9.17, 15) is 24.9 Å². The van der Waals surface area contributed by atoms with E-state index in [1.807, 2.05) is 0 Å². The topological polar surface area (TPSA) is 138 Å². The van der Waals surface area contributed by atoms with E-state index in [1.54, 1.807) is 42.5 Å². The predicted molar refractivity (Wildman–Crippen MR) is 129 cm³/mol. The van der Waals surface area contributed by atoms with Gasteiger partial charge in [0, 0.05) is 36.1 Å². The number of phenolic OH excluding ortho intramolecular Hbond substituents is 2. The van der Waals surface area contributed by atoms with Crippen LogP contribution < -0.4 is 20.2 Å². The third kappa shape index (κ3) is 4.56. The molecule has 3 aromatic carbocycles. The molecule has 4 aromatic rings. The Kier molecular flexibility index (Phi) is 6.22. The zero-order valence-corrected chi connectivity index (χ0v) is 19.0. The summed E-state index contributed by atoms with van der Waals surface area (Å²) in [4.78, 5) is 26.3. The largest absolute Gasteiger partial charge is 0.508 e. The van der Waals surface area contributed by atoms with E-state index < -0.39 is 17.9 Å². The molecular formula is C27H23NO8. The van der Waals surface area contributed by atoms with E-state index in [0.29, 0.717) is 33.6 Å². The molecule has 1 amide bonds. The summed E-state index contributed by atoms with van der Waals surface area (Å²) >= 11 is 0. The lowest BCUT2D eigenvalue weighted by Gasteiger charge is -2.19. The summed E-state index contributed by atoms with van der Waals surface area (Å²) in [6, 6.07) is 15.8. The van der Waals surface area contributed by atoms with Crippen molar-refractivity contribution in [2.75, 3.05) is 13.3 Å². The van der Waals surface area contributed by atoms with Gasteiger partial charge in [0.15, 0.2) is 16.9 Å². The lowest BCUT2D eigenvalue weighted by Crippen LogP contribution is -2.30. The fourth-order valence-electron chi connectivity index (χ4n) is 4.26. The van der Waals surface area contributed by atoms with Crippen LogP contribution in [-0.2, 0) is 4.79 Å². The maximum Gasteiger partial charge on any atom is 0.231 e. The van der Waals surface area contributed by atoms with Crippen LogP contribution in [0, 0.1) is 0 Å². The molecule has 9 heteroatoms. The molecule has 0 radical (unpaired) electrons. The van der Waals surface area contributed by atoms with Crippen LogP contribution in [0.4, 0.5) is 0 Å². The third-order valence-electron chi connectivity index (χ3n) is 6.12. The highest BCUT2D eigenvalue weighted by atomic mass is 16.7. The number of carbonyl (C=O) groups excluding carboxylic acids is 1. The van der Waals surface area contributed by atoms with Crippen LogP contribution in [0.3, 0.4) is 0 Å². The average molecular weight is 489 g/mol. The van der Waals surface area contributed by atoms with Gasteiger partial charge in [-0.2, -0.15) is 0 Å². The van der Waals surface area contributed by atoms with Gasteiger partial charge in [0.05, 0.1) is 17.8 Å². The number of aromatic hydroxyl groups is 2. The number of rotatable bonds is 7. The number of hydrogen-bond acceptors (Lipinski definition) is 8. The summed E-state index contributed by atoms with van der Waals surface area (Å²) in [5.41, 5.74) is 0.998. The van der Waals surface area contributed by atoms with Crippen LogP contribution in [0.5, 0.6) is 23.0 Å². The first kappa shape index (κ1) is 23.3. The number of amides is 1. The first-order valence-corrected chi connectivity index (χ1v) is 11.3. The molecule has 4 N–H and O–H groups in total. The number of hydrogen-bond donors (Lipinski definition) is 4. The van der Waals surface area contributed by atoms with Gasteiger partial charge < -0.3 is 34.5 Å². The molecule has 5 rings (SSSR count). The van der Waals surface area contributed by atoms with Crippen LogP contribution in [-0.4, -0.2) is 34.6 Å². The maximum atomic E-state index is 13.4. The van der Waals surface area contributed by atoms with Crippen molar-refractivity contribution in [3.63, 3.8) is 0 Å². The number of benzene rings is 3. The summed E-state index contributed by atoms with van der Waals surface area (Å²) in [5, 5.41) is 33.8. The summed E-state index contributed by atoms with van der Waals surface area (Å²) in [5.74, 6) is -0.761. The number of phenols is 2. The van der Waals surface area contributed by atoms with E-state index >= 15 is 0 Å². The van der Waals surface area contributed by atoms with Crippen LogP contribution in [0.2, 0.25) is 0 Å². The smallest absolute Gasteiger partial charge is 0.231 e. The van der Waals surface area contributed by atoms with Gasteiger partial charge in [-0.1, -0.05) is 24.3 Å². The van der Waals surface area contributed by atoms with Gasteiger partial charge in [0.1, 0.15) is 17.1 Å².